The van der Waals surface area contributed by atoms with Gasteiger partial charge in [0.05, 0.1) is 10.7 Å². The van der Waals surface area contributed by atoms with E-state index < -0.39 is 0 Å². The van der Waals surface area contributed by atoms with Gasteiger partial charge in [-0.3, -0.25) is 0 Å². The standard InChI is InChI=1S/C17H33N3S/c1-8-11-18-15(17(9-2,10-3)20(6)7)12-16-19-13(4)14(5)21-16/h15,18H,8-12H2,1-7H3. The minimum atomic E-state index is 0.197. The van der Waals surface area contributed by atoms with Crippen LogP contribution in [0.4, 0.5) is 0 Å². The van der Waals surface area contributed by atoms with Gasteiger partial charge >= 0.3 is 0 Å². The van der Waals surface area contributed by atoms with Crippen LogP contribution in [0.2, 0.25) is 0 Å². The molecule has 1 aromatic heterocycles. The number of aromatic nitrogens is 1. The number of nitrogens with zero attached hydrogens (tertiary/aromatic N) is 2. The van der Waals surface area contributed by atoms with Crippen LogP contribution in [0.25, 0.3) is 0 Å². The summed E-state index contributed by atoms with van der Waals surface area (Å²) in [6.45, 7) is 12.2. The molecule has 1 aromatic rings. The zero-order valence-corrected chi connectivity index (χ0v) is 15.7. The largest absolute Gasteiger partial charge is 0.312 e. The number of aryl methyl sites for hydroxylation is 2. The number of likely N-dealkylation sites (N-methyl/N-ethyl adjacent to an activating group) is 1. The van der Waals surface area contributed by atoms with E-state index in [1.54, 1.807) is 0 Å². The molecule has 3 nitrogen and oxygen atoms in total. The Hall–Kier alpha value is -0.450. The van der Waals surface area contributed by atoms with Crippen LogP contribution >= 0.6 is 11.3 Å². The van der Waals surface area contributed by atoms with Crippen molar-refractivity contribution < 1.29 is 0 Å². The molecule has 0 bridgehead atoms. The molecule has 122 valence electrons. The van der Waals surface area contributed by atoms with Crippen LogP contribution in [-0.2, 0) is 6.42 Å². The Morgan fingerprint density at radius 3 is 2.19 bits per heavy atom. The van der Waals surface area contributed by atoms with Crippen molar-refractivity contribution in [3.05, 3.63) is 15.6 Å². The molecule has 0 saturated carbocycles. The Morgan fingerprint density at radius 1 is 1.19 bits per heavy atom. The van der Waals surface area contributed by atoms with Gasteiger partial charge in [-0.25, -0.2) is 4.98 Å². The summed E-state index contributed by atoms with van der Waals surface area (Å²) in [5, 5.41) is 5.07. The number of nitrogens with one attached hydrogen (secondary N) is 1. The van der Waals surface area contributed by atoms with Gasteiger partial charge in [-0.2, -0.15) is 0 Å². The molecule has 1 unspecified atom stereocenters. The fraction of sp³-hybridized carbons (Fsp3) is 0.824. The Bertz CT molecular complexity index is 402. The number of thiazole rings is 1. The van der Waals surface area contributed by atoms with Gasteiger partial charge in [-0.1, -0.05) is 20.8 Å². The molecule has 0 aliphatic rings. The predicted molar refractivity (Wildman–Crippen MR) is 94.4 cm³/mol. The van der Waals surface area contributed by atoms with Crippen LogP contribution in [0.5, 0.6) is 0 Å². The van der Waals surface area contributed by atoms with Gasteiger partial charge in [0.2, 0.25) is 0 Å². The Labute approximate surface area is 135 Å². The van der Waals surface area contributed by atoms with E-state index in [9.17, 15) is 0 Å². The van der Waals surface area contributed by atoms with Gasteiger partial charge in [-0.15, -0.1) is 11.3 Å². The quantitative estimate of drug-likeness (QED) is 0.752. The first kappa shape index (κ1) is 18.6. The molecule has 0 spiro atoms. The second kappa shape index (κ2) is 8.25. The van der Waals surface area contributed by atoms with E-state index in [2.05, 4.69) is 58.9 Å². The lowest BCUT2D eigenvalue weighted by molar-refractivity contribution is 0.0881. The van der Waals surface area contributed by atoms with Gasteiger partial charge in [0, 0.05) is 22.9 Å². The lowest BCUT2D eigenvalue weighted by Gasteiger charge is -2.45. The fourth-order valence-corrected chi connectivity index (χ4v) is 4.24. The SMILES string of the molecule is CCCNC(Cc1nc(C)c(C)s1)C(CC)(CC)N(C)C. The summed E-state index contributed by atoms with van der Waals surface area (Å²) in [6, 6.07) is 0.451. The first-order valence-corrected chi connectivity index (χ1v) is 9.06. The topological polar surface area (TPSA) is 28.2 Å². The summed E-state index contributed by atoms with van der Waals surface area (Å²) in [5.74, 6) is 0. The summed E-state index contributed by atoms with van der Waals surface area (Å²) in [5.41, 5.74) is 1.38. The van der Waals surface area contributed by atoms with Gasteiger partial charge in [-0.05, 0) is 53.8 Å². The number of hydrogen-bond donors (Lipinski definition) is 1. The highest BCUT2D eigenvalue weighted by Gasteiger charge is 2.37. The molecule has 0 aliphatic carbocycles. The van der Waals surface area contributed by atoms with Crippen LogP contribution in [0.15, 0.2) is 0 Å². The van der Waals surface area contributed by atoms with Crippen molar-refractivity contribution in [3.63, 3.8) is 0 Å². The van der Waals surface area contributed by atoms with Crippen molar-refractivity contribution >= 4 is 11.3 Å². The van der Waals surface area contributed by atoms with Gasteiger partial charge < -0.3 is 10.2 Å². The fourth-order valence-electron chi connectivity index (χ4n) is 3.26. The summed E-state index contributed by atoms with van der Waals surface area (Å²) in [6.07, 6.45) is 4.50. The first-order valence-electron chi connectivity index (χ1n) is 8.24. The van der Waals surface area contributed by atoms with E-state index in [-0.39, 0.29) is 5.54 Å². The van der Waals surface area contributed by atoms with Crippen molar-refractivity contribution in [2.45, 2.75) is 71.9 Å². The monoisotopic (exact) mass is 311 g/mol. The molecule has 0 aliphatic heterocycles. The van der Waals surface area contributed by atoms with Crippen LogP contribution in [0.3, 0.4) is 0 Å². The highest BCUT2D eigenvalue weighted by atomic mass is 32.1. The van der Waals surface area contributed by atoms with Crippen molar-refractivity contribution in [1.82, 2.24) is 15.2 Å². The second-order valence-corrected chi connectivity index (χ2v) is 7.45. The maximum Gasteiger partial charge on any atom is 0.0947 e. The molecule has 0 saturated heterocycles. The smallest absolute Gasteiger partial charge is 0.0947 e. The average molecular weight is 312 g/mol. The molecule has 0 aromatic carbocycles. The van der Waals surface area contributed by atoms with Gasteiger partial charge in [0.25, 0.3) is 0 Å². The highest BCUT2D eigenvalue weighted by molar-refractivity contribution is 7.11. The third-order valence-corrected chi connectivity index (χ3v) is 5.95. The lowest BCUT2D eigenvalue weighted by Crippen LogP contribution is -2.59. The van der Waals surface area contributed by atoms with Crippen LogP contribution < -0.4 is 5.32 Å². The first-order chi connectivity index (χ1) is 9.91. The van der Waals surface area contributed by atoms with E-state index >= 15 is 0 Å². The summed E-state index contributed by atoms with van der Waals surface area (Å²) in [7, 11) is 4.43. The van der Waals surface area contributed by atoms with E-state index in [0.717, 1.165) is 25.8 Å². The van der Waals surface area contributed by atoms with E-state index in [1.165, 1.54) is 22.0 Å². The molecule has 1 heterocycles. The van der Waals surface area contributed by atoms with Crippen molar-refractivity contribution in [2.24, 2.45) is 0 Å². The van der Waals surface area contributed by atoms with Crippen molar-refractivity contribution in [3.8, 4) is 0 Å². The minimum absolute atomic E-state index is 0.197. The van der Waals surface area contributed by atoms with Crippen molar-refractivity contribution in [2.75, 3.05) is 20.6 Å². The Morgan fingerprint density at radius 2 is 1.81 bits per heavy atom. The van der Waals surface area contributed by atoms with Gasteiger partial charge in [0.15, 0.2) is 0 Å². The zero-order chi connectivity index (χ0) is 16.0. The molecule has 1 atom stereocenters. The van der Waals surface area contributed by atoms with Gasteiger partial charge in [0.1, 0.15) is 0 Å². The molecule has 1 N–H and O–H groups in total. The molecule has 1 rings (SSSR count). The summed E-state index contributed by atoms with van der Waals surface area (Å²) >= 11 is 1.86. The molecular formula is C17H33N3S. The number of hydrogen-bond acceptors (Lipinski definition) is 4. The van der Waals surface area contributed by atoms with E-state index in [1.807, 2.05) is 11.3 Å². The maximum atomic E-state index is 4.76. The Balaban J connectivity index is 3.02. The normalized spacial score (nSPS) is 13.9. The van der Waals surface area contributed by atoms with Crippen LogP contribution in [-0.4, -0.2) is 42.1 Å². The van der Waals surface area contributed by atoms with Crippen molar-refractivity contribution in [1.29, 1.82) is 0 Å². The molecule has 21 heavy (non-hydrogen) atoms. The maximum absolute atomic E-state index is 4.76. The lowest BCUT2D eigenvalue weighted by atomic mass is 9.81. The molecule has 4 heteroatoms. The second-order valence-electron chi connectivity index (χ2n) is 6.17. The minimum Gasteiger partial charge on any atom is -0.312 e. The third kappa shape index (κ3) is 4.27. The molecule has 0 fully saturated rings. The molecule has 0 radical (unpaired) electrons. The van der Waals surface area contributed by atoms with Crippen LogP contribution in [0.1, 0.15) is 55.6 Å². The third-order valence-electron chi connectivity index (χ3n) is 4.86. The van der Waals surface area contributed by atoms with E-state index in [4.69, 9.17) is 4.98 Å². The molecule has 0 amide bonds. The predicted octanol–water partition coefficient (Wildman–Crippen LogP) is 3.79. The zero-order valence-electron chi connectivity index (χ0n) is 14.9. The van der Waals surface area contributed by atoms with Crippen LogP contribution in [0, 0.1) is 13.8 Å². The molecular weight excluding hydrogens is 278 g/mol. The highest BCUT2D eigenvalue weighted by Crippen LogP contribution is 2.29. The summed E-state index contributed by atoms with van der Waals surface area (Å²) < 4.78 is 0. The number of rotatable bonds is 9. The Kier molecular flexibility index (Phi) is 7.31. The summed E-state index contributed by atoms with van der Waals surface area (Å²) in [4.78, 5) is 8.52. The average Bonchev–Trinajstić information content (AvgIpc) is 2.76. The van der Waals surface area contributed by atoms with E-state index in [0.29, 0.717) is 6.04 Å².